The van der Waals surface area contributed by atoms with Crippen LogP contribution in [0, 0.1) is 0 Å². The van der Waals surface area contributed by atoms with Crippen molar-refractivity contribution in [3.05, 3.63) is 70.1 Å². The van der Waals surface area contributed by atoms with Crippen molar-refractivity contribution in [2.24, 2.45) is 0 Å². The van der Waals surface area contributed by atoms with Crippen LogP contribution in [0.2, 0.25) is 0 Å². The minimum absolute atomic E-state index is 1.06. The van der Waals surface area contributed by atoms with Crippen molar-refractivity contribution in [1.82, 2.24) is 0 Å². The van der Waals surface area contributed by atoms with Gasteiger partial charge in [0.15, 0.2) is 0 Å². The minimum Gasteiger partial charge on any atom is -0.0801 e. The van der Waals surface area contributed by atoms with Gasteiger partial charge in [-0.2, -0.15) is 0 Å². The highest BCUT2D eigenvalue weighted by atomic mass is 14.2. The van der Waals surface area contributed by atoms with Gasteiger partial charge in [0.05, 0.1) is 0 Å². The fourth-order valence-corrected chi connectivity index (χ4v) is 2.83. The second-order valence-electron chi connectivity index (χ2n) is 4.63. The zero-order chi connectivity index (χ0) is 11.2. The van der Waals surface area contributed by atoms with Crippen molar-refractivity contribution in [2.45, 2.75) is 6.42 Å². The minimum atomic E-state index is 1.06. The van der Waals surface area contributed by atoms with Crippen molar-refractivity contribution in [2.75, 3.05) is 0 Å². The Morgan fingerprint density at radius 1 is 0.824 bits per heavy atom. The maximum Gasteiger partial charge on any atom is -0.00882 e. The molecule has 0 fully saturated rings. The summed E-state index contributed by atoms with van der Waals surface area (Å²) < 4.78 is 0. The number of benzene rings is 2. The Morgan fingerprint density at radius 2 is 1.76 bits per heavy atom. The first-order chi connectivity index (χ1) is 8.43. The lowest BCUT2D eigenvalue weighted by Crippen LogP contribution is -2.29. The van der Waals surface area contributed by atoms with Crippen molar-refractivity contribution in [3.8, 4) is 11.1 Å². The molecule has 2 aromatic carbocycles. The van der Waals surface area contributed by atoms with Crippen molar-refractivity contribution < 1.29 is 0 Å². The quantitative estimate of drug-likeness (QED) is 0.541. The Balaban J connectivity index is 2.17. The van der Waals surface area contributed by atoms with E-state index in [2.05, 4.69) is 60.7 Å². The lowest BCUT2D eigenvalue weighted by Gasteiger charge is -2.06. The summed E-state index contributed by atoms with van der Waals surface area (Å²) in [5.41, 5.74) is 5.54. The number of allylic oxidation sites excluding steroid dienone is 2. The maximum absolute atomic E-state index is 2.32. The number of hydrogen-bond acceptors (Lipinski definition) is 0. The van der Waals surface area contributed by atoms with E-state index in [4.69, 9.17) is 0 Å². The molecule has 0 aromatic heterocycles. The fourth-order valence-electron chi connectivity index (χ4n) is 2.83. The molecule has 17 heavy (non-hydrogen) atoms. The van der Waals surface area contributed by atoms with E-state index in [0.29, 0.717) is 0 Å². The third-order valence-corrected chi connectivity index (χ3v) is 3.67. The summed E-state index contributed by atoms with van der Waals surface area (Å²) in [7, 11) is 0. The predicted octanol–water partition coefficient (Wildman–Crippen LogP) is 2.39. The zero-order valence-corrected chi connectivity index (χ0v) is 9.48. The molecule has 0 aliphatic heterocycles. The van der Waals surface area contributed by atoms with Gasteiger partial charge in [0.2, 0.25) is 0 Å². The molecule has 0 nitrogen and oxygen atoms in total. The van der Waals surface area contributed by atoms with Crippen LogP contribution in [0.15, 0.2) is 48.6 Å². The van der Waals surface area contributed by atoms with E-state index in [9.17, 15) is 0 Å². The van der Waals surface area contributed by atoms with Gasteiger partial charge in [-0.25, -0.2) is 0 Å². The highest BCUT2D eigenvalue weighted by molar-refractivity contribution is 5.83. The highest BCUT2D eigenvalue weighted by Crippen LogP contribution is 2.25. The monoisotopic (exact) mass is 216 g/mol. The molecule has 0 saturated carbocycles. The van der Waals surface area contributed by atoms with Gasteiger partial charge < -0.3 is 0 Å². The lowest BCUT2D eigenvalue weighted by atomic mass is 9.98. The van der Waals surface area contributed by atoms with Crippen LogP contribution >= 0.6 is 0 Å². The Hall–Kier alpha value is -2.08. The summed E-state index contributed by atoms with van der Waals surface area (Å²) in [6, 6.07) is 13.2. The third-order valence-electron chi connectivity index (χ3n) is 3.67. The molecule has 2 aliphatic rings. The van der Waals surface area contributed by atoms with Gasteiger partial charge in [-0.3, -0.25) is 0 Å². The summed E-state index contributed by atoms with van der Waals surface area (Å²) in [6.07, 6.45) is 10.00. The predicted molar refractivity (Wildman–Crippen MR) is 72.0 cm³/mol. The topological polar surface area (TPSA) is 0 Å². The lowest BCUT2D eigenvalue weighted by molar-refractivity contribution is 1.21. The van der Waals surface area contributed by atoms with E-state index in [-0.39, 0.29) is 0 Å². The van der Waals surface area contributed by atoms with Crippen molar-refractivity contribution >= 4 is 12.2 Å². The van der Waals surface area contributed by atoms with Crippen molar-refractivity contribution in [1.29, 1.82) is 0 Å². The Morgan fingerprint density at radius 3 is 2.76 bits per heavy atom. The van der Waals surface area contributed by atoms with E-state index in [1.165, 1.54) is 32.7 Å². The van der Waals surface area contributed by atoms with Crippen LogP contribution in [0.4, 0.5) is 0 Å². The number of rotatable bonds is 0. The average Bonchev–Trinajstić information content (AvgIpc) is 2.78. The van der Waals surface area contributed by atoms with Gasteiger partial charge >= 0.3 is 0 Å². The molecule has 0 atom stereocenters. The van der Waals surface area contributed by atoms with Crippen LogP contribution in [-0.4, -0.2) is 0 Å². The molecule has 80 valence electrons. The molecule has 0 spiro atoms. The van der Waals surface area contributed by atoms with Crippen molar-refractivity contribution in [3.63, 3.8) is 0 Å². The third kappa shape index (κ3) is 1.18. The Bertz CT molecular complexity index is 761. The van der Waals surface area contributed by atoms with Crippen LogP contribution in [0.1, 0.15) is 11.1 Å². The van der Waals surface area contributed by atoms with Gasteiger partial charge in [-0.1, -0.05) is 54.6 Å². The molecule has 0 heterocycles. The first-order valence-corrected chi connectivity index (χ1v) is 6.03. The molecular weight excluding hydrogens is 204 g/mol. The molecule has 2 aromatic rings. The molecule has 0 N–H and O–H groups in total. The second kappa shape index (κ2) is 3.21. The molecule has 0 unspecified atom stereocenters. The van der Waals surface area contributed by atoms with E-state index >= 15 is 0 Å². The number of hydrogen-bond donors (Lipinski definition) is 0. The van der Waals surface area contributed by atoms with Crippen LogP contribution in [0.5, 0.6) is 0 Å². The van der Waals surface area contributed by atoms with Gasteiger partial charge in [0, 0.05) is 0 Å². The molecule has 0 bridgehead atoms. The Kier molecular flexibility index (Phi) is 1.70. The van der Waals surface area contributed by atoms with Crippen LogP contribution < -0.4 is 10.4 Å². The van der Waals surface area contributed by atoms with Crippen LogP contribution in [0.3, 0.4) is 0 Å². The summed E-state index contributed by atoms with van der Waals surface area (Å²) >= 11 is 0. The first-order valence-electron chi connectivity index (χ1n) is 6.03. The van der Waals surface area contributed by atoms with Gasteiger partial charge in [-0.15, -0.1) is 0 Å². The van der Waals surface area contributed by atoms with Crippen LogP contribution in [0.25, 0.3) is 23.3 Å². The number of fused-ring (bicyclic) bond motifs is 5. The summed E-state index contributed by atoms with van der Waals surface area (Å²) in [6.45, 7) is 0. The first kappa shape index (κ1) is 9.00. The molecule has 0 radical (unpaired) electrons. The molecular formula is C17H12. The smallest absolute Gasteiger partial charge is 0.00882 e. The van der Waals surface area contributed by atoms with E-state index in [1.54, 1.807) is 0 Å². The summed E-state index contributed by atoms with van der Waals surface area (Å²) in [5.74, 6) is 0. The van der Waals surface area contributed by atoms with Crippen LogP contribution in [-0.2, 0) is 6.42 Å². The van der Waals surface area contributed by atoms with Gasteiger partial charge in [-0.05, 0) is 45.2 Å². The van der Waals surface area contributed by atoms with E-state index in [1.807, 2.05) is 0 Å². The molecule has 2 aliphatic carbocycles. The molecule has 0 amide bonds. The Labute approximate surface area is 100 Å². The van der Waals surface area contributed by atoms with E-state index < -0.39 is 0 Å². The second-order valence-corrected chi connectivity index (χ2v) is 4.63. The summed E-state index contributed by atoms with van der Waals surface area (Å²) in [5, 5.41) is 2.80. The molecule has 0 saturated heterocycles. The fraction of sp³-hybridized carbons (Fsp3) is 0.0588. The normalized spacial score (nSPS) is 14.4. The largest absolute Gasteiger partial charge is 0.0801 e. The molecule has 0 heteroatoms. The van der Waals surface area contributed by atoms with Gasteiger partial charge in [0.25, 0.3) is 0 Å². The van der Waals surface area contributed by atoms with E-state index in [0.717, 1.165) is 6.42 Å². The highest BCUT2D eigenvalue weighted by Gasteiger charge is 2.13. The maximum atomic E-state index is 2.32. The summed E-state index contributed by atoms with van der Waals surface area (Å²) in [4.78, 5) is 0. The molecule has 4 rings (SSSR count). The standard InChI is InChI=1S/C17H12/c1-3-7-14-12(5-1)9-10-16-15-8-4-2-6-13(15)11-17(14)16/h1-4,6-11H,5H2. The average molecular weight is 216 g/mol. The van der Waals surface area contributed by atoms with Gasteiger partial charge in [0.1, 0.15) is 0 Å². The zero-order valence-electron chi connectivity index (χ0n) is 9.48. The SMILES string of the molecule is C1=CCc2ccc3c(c2=C1)=Cc1ccccc1-3.